The monoisotopic (exact) mass is 312 g/mol. The van der Waals surface area contributed by atoms with E-state index in [4.69, 9.17) is 9.47 Å². The molecule has 0 saturated heterocycles. The van der Waals surface area contributed by atoms with Gasteiger partial charge in [-0.2, -0.15) is 0 Å². The molecule has 2 aromatic carbocycles. The standard InChI is InChI=1S/C17H12O6/c1-22-9-5-11-15(13(6-9)23-2)17(21)14-10(16(11)20)3-8(7-18)4-12(14)19/h3-7,19H,1-2H3. The number of aldehydes is 1. The van der Waals surface area contributed by atoms with Gasteiger partial charge in [0.25, 0.3) is 0 Å². The molecule has 6 nitrogen and oxygen atoms in total. The van der Waals surface area contributed by atoms with Crippen molar-refractivity contribution >= 4 is 17.9 Å². The van der Waals surface area contributed by atoms with Crippen molar-refractivity contribution in [3.05, 3.63) is 52.1 Å². The minimum atomic E-state index is -0.538. The van der Waals surface area contributed by atoms with Crippen molar-refractivity contribution in [2.75, 3.05) is 14.2 Å². The Kier molecular flexibility index (Phi) is 3.37. The topological polar surface area (TPSA) is 89.9 Å². The molecule has 1 aliphatic rings. The maximum Gasteiger partial charge on any atom is 0.201 e. The highest BCUT2D eigenvalue weighted by molar-refractivity contribution is 6.30. The lowest BCUT2D eigenvalue weighted by Crippen LogP contribution is -2.22. The van der Waals surface area contributed by atoms with Gasteiger partial charge in [0, 0.05) is 22.8 Å². The van der Waals surface area contributed by atoms with E-state index in [-0.39, 0.29) is 33.6 Å². The molecule has 0 aromatic heterocycles. The number of carbonyl (C=O) groups is 3. The third-order valence-corrected chi connectivity index (χ3v) is 3.75. The van der Waals surface area contributed by atoms with Crippen LogP contribution < -0.4 is 9.47 Å². The second kappa shape index (κ2) is 5.24. The smallest absolute Gasteiger partial charge is 0.201 e. The molecule has 0 fully saturated rings. The Hall–Kier alpha value is -3.15. The number of phenols is 1. The fourth-order valence-corrected chi connectivity index (χ4v) is 2.69. The van der Waals surface area contributed by atoms with Gasteiger partial charge in [-0.05, 0) is 18.2 Å². The second-order valence-electron chi connectivity index (χ2n) is 4.99. The third-order valence-electron chi connectivity index (χ3n) is 3.75. The summed E-state index contributed by atoms with van der Waals surface area (Å²) in [7, 11) is 2.80. The third kappa shape index (κ3) is 2.07. The zero-order chi connectivity index (χ0) is 16.7. The number of rotatable bonds is 3. The van der Waals surface area contributed by atoms with Crippen LogP contribution in [0.15, 0.2) is 24.3 Å². The predicted octanol–water partition coefficient (Wildman–Crippen LogP) is 2.00. The average molecular weight is 312 g/mol. The first-order chi connectivity index (χ1) is 11.0. The number of methoxy groups -OCH3 is 2. The first-order valence-electron chi connectivity index (χ1n) is 6.69. The van der Waals surface area contributed by atoms with E-state index in [1.54, 1.807) is 0 Å². The molecule has 0 atom stereocenters. The maximum absolute atomic E-state index is 12.7. The normalized spacial score (nSPS) is 12.4. The van der Waals surface area contributed by atoms with Gasteiger partial charge in [0.1, 0.15) is 23.5 Å². The minimum Gasteiger partial charge on any atom is -0.507 e. The lowest BCUT2D eigenvalue weighted by molar-refractivity contribution is 0.0973. The molecule has 0 bridgehead atoms. The Morgan fingerprint density at radius 1 is 0.913 bits per heavy atom. The number of ketones is 2. The van der Waals surface area contributed by atoms with E-state index < -0.39 is 17.3 Å². The van der Waals surface area contributed by atoms with Crippen molar-refractivity contribution in [1.29, 1.82) is 0 Å². The van der Waals surface area contributed by atoms with Crippen LogP contribution in [0.25, 0.3) is 0 Å². The van der Waals surface area contributed by atoms with Crippen LogP contribution in [0.4, 0.5) is 0 Å². The molecular formula is C17H12O6. The predicted molar refractivity (Wildman–Crippen MR) is 79.9 cm³/mol. The zero-order valence-electron chi connectivity index (χ0n) is 12.4. The molecule has 0 unspecified atom stereocenters. The highest BCUT2D eigenvalue weighted by atomic mass is 16.5. The Labute approximate surface area is 131 Å². The maximum atomic E-state index is 12.7. The summed E-state index contributed by atoms with van der Waals surface area (Å²) >= 11 is 0. The summed E-state index contributed by atoms with van der Waals surface area (Å²) in [5.74, 6) is -0.885. The lowest BCUT2D eigenvalue weighted by Gasteiger charge is -2.21. The number of ether oxygens (including phenoxy) is 2. The van der Waals surface area contributed by atoms with Crippen LogP contribution in [0.2, 0.25) is 0 Å². The summed E-state index contributed by atoms with van der Waals surface area (Å²) in [6.07, 6.45) is 0.499. The van der Waals surface area contributed by atoms with Crippen LogP contribution in [-0.4, -0.2) is 37.2 Å². The van der Waals surface area contributed by atoms with Crippen LogP contribution in [0.5, 0.6) is 17.2 Å². The van der Waals surface area contributed by atoms with E-state index in [1.165, 1.54) is 32.4 Å². The van der Waals surface area contributed by atoms with E-state index in [1.807, 2.05) is 0 Å². The number of hydrogen-bond donors (Lipinski definition) is 1. The van der Waals surface area contributed by atoms with Gasteiger partial charge in [0.2, 0.25) is 5.78 Å². The summed E-state index contributed by atoms with van der Waals surface area (Å²) in [5.41, 5.74) is 0.151. The molecule has 0 aliphatic heterocycles. The van der Waals surface area contributed by atoms with Crippen molar-refractivity contribution in [2.45, 2.75) is 0 Å². The van der Waals surface area contributed by atoms with Gasteiger partial charge < -0.3 is 14.6 Å². The van der Waals surface area contributed by atoms with Gasteiger partial charge in [0.15, 0.2) is 5.78 Å². The summed E-state index contributed by atoms with van der Waals surface area (Å²) in [5, 5.41) is 10.0. The molecule has 1 aliphatic carbocycles. The van der Waals surface area contributed by atoms with Crippen LogP contribution in [0.3, 0.4) is 0 Å². The van der Waals surface area contributed by atoms with E-state index in [0.29, 0.717) is 12.0 Å². The van der Waals surface area contributed by atoms with Crippen molar-refractivity contribution < 1.29 is 29.0 Å². The largest absolute Gasteiger partial charge is 0.507 e. The molecule has 6 heteroatoms. The van der Waals surface area contributed by atoms with Crippen molar-refractivity contribution in [3.8, 4) is 17.2 Å². The first kappa shape index (κ1) is 14.8. The second-order valence-corrected chi connectivity index (χ2v) is 4.99. The van der Waals surface area contributed by atoms with E-state index in [0.717, 1.165) is 6.07 Å². The lowest BCUT2D eigenvalue weighted by atomic mass is 9.82. The number of fused-ring (bicyclic) bond motifs is 2. The number of benzene rings is 2. The highest BCUT2D eigenvalue weighted by Crippen LogP contribution is 2.39. The van der Waals surface area contributed by atoms with Gasteiger partial charge in [-0.1, -0.05) is 0 Å². The Bertz CT molecular complexity index is 866. The molecule has 23 heavy (non-hydrogen) atoms. The average Bonchev–Trinajstić information content (AvgIpc) is 2.57. The molecule has 116 valence electrons. The van der Waals surface area contributed by atoms with Gasteiger partial charge in [0.05, 0.1) is 25.3 Å². The molecule has 0 radical (unpaired) electrons. The number of carbonyl (C=O) groups excluding carboxylic acids is 3. The van der Waals surface area contributed by atoms with Gasteiger partial charge >= 0.3 is 0 Å². The minimum absolute atomic E-state index is 0.0140. The van der Waals surface area contributed by atoms with E-state index >= 15 is 0 Å². The molecule has 3 rings (SSSR count). The summed E-state index contributed by atoms with van der Waals surface area (Å²) in [6.45, 7) is 0. The fourth-order valence-electron chi connectivity index (χ4n) is 2.69. The Morgan fingerprint density at radius 2 is 1.61 bits per heavy atom. The molecule has 1 N–H and O–H groups in total. The zero-order valence-corrected chi connectivity index (χ0v) is 12.4. The van der Waals surface area contributed by atoms with Crippen LogP contribution in [0, 0.1) is 0 Å². The quantitative estimate of drug-likeness (QED) is 0.744. The molecule has 0 spiro atoms. The highest BCUT2D eigenvalue weighted by Gasteiger charge is 2.35. The van der Waals surface area contributed by atoms with E-state index in [9.17, 15) is 19.5 Å². The molecule has 0 amide bonds. The molecular weight excluding hydrogens is 300 g/mol. The molecule has 2 aromatic rings. The SMILES string of the molecule is COc1cc(OC)c2c(c1)C(=O)c1cc(C=O)cc(O)c1C2=O. The van der Waals surface area contributed by atoms with Crippen molar-refractivity contribution in [2.24, 2.45) is 0 Å². The van der Waals surface area contributed by atoms with Crippen molar-refractivity contribution in [1.82, 2.24) is 0 Å². The van der Waals surface area contributed by atoms with Crippen LogP contribution in [-0.2, 0) is 0 Å². The Morgan fingerprint density at radius 3 is 2.22 bits per heavy atom. The van der Waals surface area contributed by atoms with E-state index in [2.05, 4.69) is 0 Å². The summed E-state index contributed by atoms with van der Waals surface area (Å²) in [4.78, 5) is 36.4. The molecule has 0 saturated carbocycles. The number of hydrogen-bond acceptors (Lipinski definition) is 6. The molecule has 0 heterocycles. The van der Waals surface area contributed by atoms with Crippen LogP contribution in [0.1, 0.15) is 42.2 Å². The number of phenolic OH excluding ortho intramolecular Hbond substituents is 1. The van der Waals surface area contributed by atoms with Gasteiger partial charge in [-0.15, -0.1) is 0 Å². The summed E-state index contributed by atoms with van der Waals surface area (Å²) in [6, 6.07) is 5.37. The number of aromatic hydroxyl groups is 1. The van der Waals surface area contributed by atoms with Gasteiger partial charge in [-0.3, -0.25) is 14.4 Å². The Balaban J connectivity index is 2.35. The van der Waals surface area contributed by atoms with Crippen molar-refractivity contribution in [3.63, 3.8) is 0 Å². The summed E-state index contributed by atoms with van der Waals surface area (Å²) < 4.78 is 10.3. The first-order valence-corrected chi connectivity index (χ1v) is 6.69. The fraction of sp³-hybridized carbons (Fsp3) is 0.118. The van der Waals surface area contributed by atoms with Crippen LogP contribution >= 0.6 is 0 Å². The van der Waals surface area contributed by atoms with Gasteiger partial charge in [-0.25, -0.2) is 0 Å².